The summed E-state index contributed by atoms with van der Waals surface area (Å²) in [6.45, 7) is 18.6. The van der Waals surface area contributed by atoms with E-state index in [1.165, 1.54) is 46.5 Å². The van der Waals surface area contributed by atoms with E-state index in [1.54, 1.807) is 0 Å². The zero-order chi connectivity index (χ0) is 19.3. The fourth-order valence-electron chi connectivity index (χ4n) is 4.08. The quantitative estimate of drug-likeness (QED) is 0.596. The van der Waals surface area contributed by atoms with Crippen LogP contribution in [-0.4, -0.2) is 0 Å². The average Bonchev–Trinajstić information content (AvgIpc) is 2.53. The first-order chi connectivity index (χ1) is 11.9. The number of nitrogens with one attached hydrogen (secondary N) is 1. The Labute approximate surface area is 160 Å². The predicted octanol–water partition coefficient (Wildman–Crippen LogP) is 7.39. The summed E-state index contributed by atoms with van der Waals surface area (Å²) >= 11 is 0. The average molecular weight is 350 g/mol. The fourth-order valence-corrected chi connectivity index (χ4v) is 4.08. The highest BCUT2D eigenvalue weighted by Crippen LogP contribution is 2.47. The first-order valence-corrected chi connectivity index (χ1v) is 9.93. The van der Waals surface area contributed by atoms with Gasteiger partial charge in [-0.2, -0.15) is 0 Å². The molecule has 0 aromatic heterocycles. The number of hydrogen-bond acceptors (Lipinski definition) is 1. The Morgan fingerprint density at radius 1 is 0.846 bits per heavy atom. The summed E-state index contributed by atoms with van der Waals surface area (Å²) in [6.07, 6.45) is 2.50. The molecule has 2 aromatic carbocycles. The topological polar surface area (TPSA) is 12.0 Å². The van der Waals surface area contributed by atoms with Crippen LogP contribution < -0.4 is 5.32 Å². The summed E-state index contributed by atoms with van der Waals surface area (Å²) in [4.78, 5) is 0. The van der Waals surface area contributed by atoms with Crippen LogP contribution >= 0.6 is 0 Å². The normalized spacial score (nSPS) is 18.3. The van der Waals surface area contributed by atoms with Crippen molar-refractivity contribution in [2.24, 2.45) is 0 Å². The zero-order valence-electron chi connectivity index (χ0n) is 17.9. The van der Waals surface area contributed by atoms with Crippen molar-refractivity contribution < 1.29 is 0 Å². The molecule has 0 saturated heterocycles. The molecule has 0 unspecified atom stereocenters. The molecule has 0 fully saturated rings. The molecule has 0 atom stereocenters. The van der Waals surface area contributed by atoms with E-state index in [0.717, 1.165) is 0 Å². The van der Waals surface area contributed by atoms with Crippen LogP contribution in [-0.2, 0) is 16.2 Å². The molecule has 0 bridgehead atoms. The lowest BCUT2D eigenvalue weighted by Gasteiger charge is -2.42. The van der Waals surface area contributed by atoms with Gasteiger partial charge in [0.05, 0.1) is 0 Å². The van der Waals surface area contributed by atoms with Gasteiger partial charge >= 0.3 is 0 Å². The van der Waals surface area contributed by atoms with Crippen molar-refractivity contribution in [2.75, 3.05) is 5.32 Å². The lowest BCUT2D eigenvalue weighted by atomic mass is 9.63. The highest BCUT2D eigenvalue weighted by Gasteiger charge is 2.37. The molecule has 0 heterocycles. The molecule has 1 N–H and O–H groups in total. The fraction of sp³-hybridized carbons (Fsp3) is 0.520. The van der Waals surface area contributed by atoms with E-state index in [4.69, 9.17) is 0 Å². The molecule has 3 rings (SSSR count). The summed E-state index contributed by atoms with van der Waals surface area (Å²) in [5.74, 6) is 0. The summed E-state index contributed by atoms with van der Waals surface area (Å²) in [5.41, 5.74) is 8.80. The van der Waals surface area contributed by atoms with Crippen LogP contribution in [0.1, 0.15) is 83.6 Å². The molecule has 1 aliphatic rings. The van der Waals surface area contributed by atoms with Gasteiger partial charge in [-0.3, -0.25) is 0 Å². The lowest BCUT2D eigenvalue weighted by molar-refractivity contribution is 0.332. The van der Waals surface area contributed by atoms with Gasteiger partial charge in [-0.25, -0.2) is 0 Å². The van der Waals surface area contributed by atoms with Crippen LogP contribution in [0.4, 0.5) is 11.4 Å². The number of benzene rings is 2. The third-order valence-electron chi connectivity index (χ3n) is 6.21. The van der Waals surface area contributed by atoms with Crippen molar-refractivity contribution in [2.45, 2.75) is 84.5 Å². The van der Waals surface area contributed by atoms with Gasteiger partial charge < -0.3 is 5.32 Å². The maximum atomic E-state index is 3.70. The van der Waals surface area contributed by atoms with Gasteiger partial charge in [-0.05, 0) is 76.5 Å². The van der Waals surface area contributed by atoms with E-state index in [9.17, 15) is 0 Å². The van der Waals surface area contributed by atoms with E-state index < -0.39 is 0 Å². The summed E-state index contributed by atoms with van der Waals surface area (Å²) in [6, 6.07) is 13.7. The second kappa shape index (κ2) is 6.15. The minimum atomic E-state index is 0.161. The monoisotopic (exact) mass is 349 g/mol. The molecule has 0 amide bonds. The van der Waals surface area contributed by atoms with Gasteiger partial charge in [0.25, 0.3) is 0 Å². The van der Waals surface area contributed by atoms with Crippen LogP contribution in [0.2, 0.25) is 0 Å². The van der Waals surface area contributed by atoms with Crippen molar-refractivity contribution in [3.05, 3.63) is 58.7 Å². The predicted molar refractivity (Wildman–Crippen MR) is 115 cm³/mol. The molecule has 0 aliphatic heterocycles. The minimum absolute atomic E-state index is 0.161. The number of rotatable bonds is 2. The van der Waals surface area contributed by atoms with E-state index in [2.05, 4.69) is 97.1 Å². The van der Waals surface area contributed by atoms with Crippen molar-refractivity contribution in [3.8, 4) is 0 Å². The molecule has 0 radical (unpaired) electrons. The second-order valence-corrected chi connectivity index (χ2v) is 10.4. The Morgan fingerprint density at radius 2 is 1.42 bits per heavy atom. The summed E-state index contributed by atoms with van der Waals surface area (Å²) < 4.78 is 0. The molecule has 0 spiro atoms. The summed E-state index contributed by atoms with van der Waals surface area (Å²) in [5, 5.41) is 3.70. The second-order valence-electron chi connectivity index (χ2n) is 10.4. The molecule has 140 valence electrons. The summed E-state index contributed by atoms with van der Waals surface area (Å²) in [7, 11) is 0. The van der Waals surface area contributed by atoms with Gasteiger partial charge in [0, 0.05) is 11.4 Å². The van der Waals surface area contributed by atoms with Crippen LogP contribution in [0.5, 0.6) is 0 Å². The number of aryl methyl sites for hydroxylation is 1. The van der Waals surface area contributed by atoms with Crippen molar-refractivity contribution in [1.82, 2.24) is 0 Å². The SMILES string of the molecule is Cc1cc2c(cc1Nc1cccc(C(C)(C)C)c1)C(C)(C)CCC2(C)C. The molecule has 0 saturated carbocycles. The van der Waals surface area contributed by atoms with Crippen molar-refractivity contribution >= 4 is 11.4 Å². The lowest BCUT2D eigenvalue weighted by Crippen LogP contribution is -2.34. The number of anilines is 2. The van der Waals surface area contributed by atoms with Crippen molar-refractivity contribution in [1.29, 1.82) is 0 Å². The maximum absolute atomic E-state index is 3.70. The highest BCUT2D eigenvalue weighted by atomic mass is 14.9. The van der Waals surface area contributed by atoms with Gasteiger partial charge in [0.1, 0.15) is 0 Å². The standard InChI is InChI=1S/C25H35N/c1-17-14-20-21(25(7,8)13-12-24(20,5)6)16-22(17)26-19-11-9-10-18(15-19)23(2,3)4/h9-11,14-16,26H,12-13H2,1-8H3. The Kier molecular flexibility index (Phi) is 4.50. The van der Waals surface area contributed by atoms with Gasteiger partial charge in [0.15, 0.2) is 0 Å². The molecule has 2 aromatic rings. The zero-order valence-corrected chi connectivity index (χ0v) is 17.9. The van der Waals surface area contributed by atoms with Crippen LogP contribution in [0.25, 0.3) is 0 Å². The van der Waals surface area contributed by atoms with Gasteiger partial charge in [0.2, 0.25) is 0 Å². The molecular formula is C25H35N. The Balaban J connectivity index is 2.03. The number of hydrogen-bond donors (Lipinski definition) is 1. The third kappa shape index (κ3) is 3.54. The van der Waals surface area contributed by atoms with E-state index in [-0.39, 0.29) is 16.2 Å². The molecular weight excluding hydrogens is 314 g/mol. The minimum Gasteiger partial charge on any atom is -0.355 e. The van der Waals surface area contributed by atoms with Crippen LogP contribution in [0.15, 0.2) is 36.4 Å². The van der Waals surface area contributed by atoms with Crippen LogP contribution in [0.3, 0.4) is 0 Å². The van der Waals surface area contributed by atoms with Crippen LogP contribution in [0, 0.1) is 6.92 Å². The van der Waals surface area contributed by atoms with E-state index in [0.29, 0.717) is 0 Å². The van der Waals surface area contributed by atoms with Gasteiger partial charge in [-0.15, -0.1) is 0 Å². The van der Waals surface area contributed by atoms with E-state index in [1.807, 2.05) is 0 Å². The Bertz CT molecular complexity index is 819. The Morgan fingerprint density at radius 3 is 2.00 bits per heavy atom. The third-order valence-corrected chi connectivity index (χ3v) is 6.21. The molecule has 26 heavy (non-hydrogen) atoms. The maximum Gasteiger partial charge on any atom is 0.0417 e. The molecule has 1 heteroatoms. The Hall–Kier alpha value is -1.76. The number of fused-ring (bicyclic) bond motifs is 1. The highest BCUT2D eigenvalue weighted by molar-refractivity contribution is 5.67. The molecule has 1 nitrogen and oxygen atoms in total. The van der Waals surface area contributed by atoms with Crippen molar-refractivity contribution in [3.63, 3.8) is 0 Å². The van der Waals surface area contributed by atoms with E-state index >= 15 is 0 Å². The molecule has 1 aliphatic carbocycles. The first kappa shape index (κ1) is 19.0. The smallest absolute Gasteiger partial charge is 0.0417 e. The first-order valence-electron chi connectivity index (χ1n) is 9.93. The largest absolute Gasteiger partial charge is 0.355 e. The van der Waals surface area contributed by atoms with Gasteiger partial charge in [-0.1, -0.05) is 66.7 Å².